The Labute approximate surface area is 122 Å². The summed E-state index contributed by atoms with van der Waals surface area (Å²) in [5, 5.41) is 1.03. The Balaban J connectivity index is 1.95. The van der Waals surface area contributed by atoms with Crippen LogP contribution < -0.4 is 5.73 Å². The van der Waals surface area contributed by atoms with E-state index in [9.17, 15) is 4.39 Å². The first kappa shape index (κ1) is 13.6. The minimum absolute atomic E-state index is 0.111. The Hall–Kier alpha value is -2.33. The van der Waals surface area contributed by atoms with Crippen LogP contribution in [-0.2, 0) is 11.3 Å². The van der Waals surface area contributed by atoms with E-state index < -0.39 is 6.67 Å². The molecule has 0 unspecified atom stereocenters. The van der Waals surface area contributed by atoms with Gasteiger partial charge in [-0.15, -0.1) is 0 Å². The number of benzene rings is 2. The number of H-pyrrole nitrogens is 1. The maximum atomic E-state index is 12.1. The van der Waals surface area contributed by atoms with E-state index in [1.807, 2.05) is 42.5 Å². The normalized spacial score (nSPS) is 11.1. The van der Waals surface area contributed by atoms with Crippen molar-refractivity contribution in [3.63, 3.8) is 0 Å². The third-order valence-corrected chi connectivity index (χ3v) is 3.39. The molecule has 0 amide bonds. The minimum atomic E-state index is -0.472. The quantitative estimate of drug-likeness (QED) is 0.551. The Morgan fingerprint density at radius 1 is 1.10 bits per heavy atom. The maximum absolute atomic E-state index is 12.1. The summed E-state index contributed by atoms with van der Waals surface area (Å²) in [4.78, 5) is 3.35. The van der Waals surface area contributed by atoms with Crippen LogP contribution in [0.25, 0.3) is 22.2 Å². The number of alkyl halides is 1. The molecule has 21 heavy (non-hydrogen) atoms. The van der Waals surface area contributed by atoms with Gasteiger partial charge in [0.2, 0.25) is 0 Å². The van der Waals surface area contributed by atoms with Gasteiger partial charge in [0.1, 0.15) is 6.67 Å². The van der Waals surface area contributed by atoms with E-state index >= 15 is 0 Å². The number of nitrogens with one attached hydrogen (secondary N) is 1. The molecule has 1 aromatic heterocycles. The van der Waals surface area contributed by atoms with Gasteiger partial charge >= 0.3 is 0 Å². The molecule has 2 aromatic carbocycles. The zero-order valence-electron chi connectivity index (χ0n) is 11.6. The number of anilines is 1. The lowest BCUT2D eigenvalue weighted by atomic mass is 10.1. The van der Waals surface area contributed by atoms with Crippen LogP contribution in [0.2, 0.25) is 0 Å². The number of fused-ring (bicyclic) bond motifs is 1. The van der Waals surface area contributed by atoms with Crippen LogP contribution in [0.5, 0.6) is 0 Å². The smallest absolute Gasteiger partial charge is 0.113 e. The number of nitrogens with two attached hydrogens (primary N) is 1. The number of halogens is 1. The number of aromatic amines is 1. The molecule has 0 spiro atoms. The van der Waals surface area contributed by atoms with Gasteiger partial charge in [-0.2, -0.15) is 0 Å². The fourth-order valence-corrected chi connectivity index (χ4v) is 2.44. The van der Waals surface area contributed by atoms with Gasteiger partial charge in [0, 0.05) is 11.1 Å². The molecule has 3 aromatic rings. The fraction of sp³-hybridized carbons (Fsp3) is 0.176. The molecule has 108 valence electrons. The molecule has 0 fully saturated rings. The van der Waals surface area contributed by atoms with Gasteiger partial charge in [-0.25, -0.2) is 4.39 Å². The third kappa shape index (κ3) is 2.90. The molecule has 4 heteroatoms. The van der Waals surface area contributed by atoms with Gasteiger partial charge in [0.15, 0.2) is 0 Å². The van der Waals surface area contributed by atoms with Gasteiger partial charge in [-0.05, 0) is 29.3 Å². The first-order chi connectivity index (χ1) is 10.3. The van der Waals surface area contributed by atoms with Crippen molar-refractivity contribution >= 4 is 16.6 Å². The van der Waals surface area contributed by atoms with Crippen LogP contribution in [0.3, 0.4) is 0 Å². The van der Waals surface area contributed by atoms with Crippen molar-refractivity contribution in [1.29, 1.82) is 0 Å². The lowest BCUT2D eigenvalue weighted by molar-refractivity contribution is 0.107. The van der Waals surface area contributed by atoms with E-state index in [1.54, 1.807) is 0 Å². The highest BCUT2D eigenvalue weighted by atomic mass is 19.1. The number of hydrogen-bond acceptors (Lipinski definition) is 2. The van der Waals surface area contributed by atoms with Crippen LogP contribution in [0.15, 0.2) is 48.5 Å². The average Bonchev–Trinajstić information content (AvgIpc) is 2.93. The molecular weight excluding hydrogens is 267 g/mol. The largest absolute Gasteiger partial charge is 0.397 e. The number of ether oxygens (including phenoxy) is 1. The molecule has 1 heterocycles. The topological polar surface area (TPSA) is 51.0 Å². The van der Waals surface area contributed by atoms with Gasteiger partial charge in [0.05, 0.1) is 24.4 Å². The van der Waals surface area contributed by atoms with Gasteiger partial charge in [0.25, 0.3) is 0 Å². The van der Waals surface area contributed by atoms with Crippen molar-refractivity contribution in [2.24, 2.45) is 0 Å². The molecule has 0 atom stereocenters. The van der Waals surface area contributed by atoms with E-state index in [0.717, 1.165) is 27.7 Å². The summed E-state index contributed by atoms with van der Waals surface area (Å²) in [7, 11) is 0. The first-order valence-corrected chi connectivity index (χ1v) is 6.88. The zero-order chi connectivity index (χ0) is 14.7. The molecule has 3 rings (SSSR count). The molecule has 0 aliphatic rings. The minimum Gasteiger partial charge on any atom is -0.397 e. The van der Waals surface area contributed by atoms with E-state index in [4.69, 9.17) is 10.5 Å². The molecule has 0 saturated carbocycles. The Bertz CT molecular complexity index is 737. The second kappa shape index (κ2) is 5.97. The molecule has 3 N–H and O–H groups in total. The summed E-state index contributed by atoms with van der Waals surface area (Å²) >= 11 is 0. The predicted octanol–water partition coefficient (Wildman–Crippen LogP) is 3.90. The highest BCUT2D eigenvalue weighted by Crippen LogP contribution is 2.28. The zero-order valence-corrected chi connectivity index (χ0v) is 11.6. The Morgan fingerprint density at radius 2 is 1.90 bits per heavy atom. The SMILES string of the molecule is Nc1cc(COCCF)cc2cc(-c3ccccc3)[nH]c12. The predicted molar refractivity (Wildman–Crippen MR) is 83.8 cm³/mol. The van der Waals surface area contributed by atoms with Gasteiger partial charge in [-0.1, -0.05) is 30.3 Å². The summed E-state index contributed by atoms with van der Waals surface area (Å²) in [6.07, 6.45) is 0. The van der Waals surface area contributed by atoms with Crippen LogP contribution in [0.4, 0.5) is 10.1 Å². The van der Waals surface area contributed by atoms with Crippen molar-refractivity contribution in [3.05, 3.63) is 54.1 Å². The summed E-state index contributed by atoms with van der Waals surface area (Å²) in [6.45, 7) is 0.0102. The molecule has 0 aliphatic carbocycles. The van der Waals surface area contributed by atoms with Crippen LogP contribution in [0, 0.1) is 0 Å². The van der Waals surface area contributed by atoms with Crippen molar-refractivity contribution < 1.29 is 9.13 Å². The van der Waals surface area contributed by atoms with Crippen molar-refractivity contribution in [3.8, 4) is 11.3 Å². The summed E-state index contributed by atoms with van der Waals surface area (Å²) in [6, 6.07) is 16.0. The van der Waals surface area contributed by atoms with Crippen molar-refractivity contribution in [2.75, 3.05) is 19.0 Å². The summed E-state index contributed by atoms with van der Waals surface area (Å²) in [5.74, 6) is 0. The molecular formula is C17H17FN2O. The summed E-state index contributed by atoms with van der Waals surface area (Å²) < 4.78 is 17.3. The Kier molecular flexibility index (Phi) is 3.88. The standard InChI is InChI=1S/C17H17FN2O/c18-6-7-21-11-12-8-14-10-16(13-4-2-1-3-5-13)20-17(14)15(19)9-12/h1-5,8-10,20H,6-7,11,19H2. The second-order valence-electron chi connectivity index (χ2n) is 4.94. The van der Waals surface area contributed by atoms with E-state index in [0.29, 0.717) is 12.3 Å². The molecule has 3 nitrogen and oxygen atoms in total. The van der Waals surface area contributed by atoms with Gasteiger partial charge < -0.3 is 15.5 Å². The van der Waals surface area contributed by atoms with Crippen molar-refractivity contribution in [1.82, 2.24) is 4.98 Å². The highest BCUT2D eigenvalue weighted by molar-refractivity contribution is 5.94. The fourth-order valence-electron chi connectivity index (χ4n) is 2.44. The van der Waals surface area contributed by atoms with Crippen LogP contribution >= 0.6 is 0 Å². The number of nitrogen functional groups attached to an aromatic ring is 1. The average molecular weight is 284 g/mol. The molecule has 0 radical (unpaired) electrons. The summed E-state index contributed by atoms with van der Waals surface area (Å²) in [5.41, 5.74) is 10.8. The number of aromatic nitrogens is 1. The monoisotopic (exact) mass is 284 g/mol. The number of rotatable bonds is 5. The van der Waals surface area contributed by atoms with Crippen LogP contribution in [-0.4, -0.2) is 18.3 Å². The molecule has 0 saturated heterocycles. The van der Waals surface area contributed by atoms with Crippen LogP contribution in [0.1, 0.15) is 5.56 Å². The third-order valence-electron chi connectivity index (χ3n) is 3.39. The van der Waals surface area contributed by atoms with E-state index in [1.165, 1.54) is 0 Å². The lowest BCUT2D eigenvalue weighted by Crippen LogP contribution is -1.98. The van der Waals surface area contributed by atoms with Crippen molar-refractivity contribution in [2.45, 2.75) is 6.61 Å². The Morgan fingerprint density at radius 3 is 2.67 bits per heavy atom. The molecule has 0 aliphatic heterocycles. The van der Waals surface area contributed by atoms with E-state index in [-0.39, 0.29) is 6.61 Å². The number of hydrogen-bond donors (Lipinski definition) is 2. The van der Waals surface area contributed by atoms with Gasteiger partial charge in [-0.3, -0.25) is 0 Å². The second-order valence-corrected chi connectivity index (χ2v) is 4.94. The van der Waals surface area contributed by atoms with E-state index in [2.05, 4.69) is 11.1 Å². The highest BCUT2D eigenvalue weighted by Gasteiger charge is 2.07. The lowest BCUT2D eigenvalue weighted by Gasteiger charge is -2.04. The molecule has 0 bridgehead atoms. The maximum Gasteiger partial charge on any atom is 0.113 e. The first-order valence-electron chi connectivity index (χ1n) is 6.88.